The minimum atomic E-state index is 0.966. The summed E-state index contributed by atoms with van der Waals surface area (Å²) in [5.74, 6) is 2.01. The van der Waals surface area contributed by atoms with Crippen molar-refractivity contribution in [2.75, 3.05) is 26.2 Å². The molecule has 2 radical (unpaired) electrons. The molecule has 1 saturated heterocycles. The quantitative estimate of drug-likeness (QED) is 0.453. The second-order valence-electron chi connectivity index (χ2n) is 2.04. The fraction of sp³-hybridized carbons (Fsp3) is 0.800. The summed E-state index contributed by atoms with van der Waals surface area (Å²) < 4.78 is 0. The summed E-state index contributed by atoms with van der Waals surface area (Å²) in [5, 5.41) is 11.5. The smallest absolute Gasteiger partial charge is 0.00452 e. The monoisotopic (exact) mass is 122 g/mol. The molecule has 1 fully saturated rings. The Balaban J connectivity index is 2.17. The van der Waals surface area contributed by atoms with Gasteiger partial charge in [0.2, 0.25) is 0 Å². The molecule has 0 atom stereocenters. The Morgan fingerprint density at radius 1 is 1.44 bits per heavy atom. The van der Waals surface area contributed by atoms with Crippen LogP contribution in [0.3, 0.4) is 0 Å². The van der Waals surface area contributed by atoms with Crippen LogP contribution in [0.2, 0.25) is 0 Å². The number of nitrogens with one attached hydrogen (secondary N) is 1. The molecule has 1 aliphatic heterocycles. The molecule has 4 heteroatoms. The van der Waals surface area contributed by atoms with Gasteiger partial charge in [0.25, 0.3) is 0 Å². The molecule has 0 unspecified atom stereocenters. The highest BCUT2D eigenvalue weighted by Crippen LogP contribution is 1.86. The Morgan fingerprint density at radius 2 is 2.11 bits per heavy atom. The van der Waals surface area contributed by atoms with Gasteiger partial charge in [-0.2, -0.15) is 0 Å². The van der Waals surface area contributed by atoms with E-state index in [9.17, 15) is 0 Å². The van der Waals surface area contributed by atoms with Crippen LogP contribution in [-0.2, 0) is 0 Å². The van der Waals surface area contributed by atoms with Gasteiger partial charge in [0, 0.05) is 13.1 Å². The Kier molecular flexibility index (Phi) is 2.56. The molecule has 1 aliphatic rings. The Bertz CT molecular complexity index is 114. The molecule has 0 bridgehead atoms. The molecule has 9 heavy (non-hydrogen) atoms. The topological polar surface area (TPSA) is 39.1 Å². The van der Waals surface area contributed by atoms with Gasteiger partial charge in [-0.15, -0.1) is 7.41 Å². The molecule has 0 amide bonds. The number of nitrogens with zero attached hydrogens (tertiary/aromatic N) is 2. The van der Waals surface area contributed by atoms with Crippen molar-refractivity contribution in [2.45, 2.75) is 0 Å². The average molecular weight is 122 g/mol. The summed E-state index contributed by atoms with van der Waals surface area (Å²) in [4.78, 5) is 2.02. The number of rotatable bonds is 1. The zero-order valence-electron chi connectivity index (χ0n) is 5.30. The van der Waals surface area contributed by atoms with E-state index in [0.29, 0.717) is 0 Å². The molecule has 1 heterocycles. The fourth-order valence-electron chi connectivity index (χ4n) is 0.893. The number of nitriles is 1. The minimum Gasteiger partial charge on any atom is -0.523 e. The molecular formula is C5H9BN3-. The lowest BCUT2D eigenvalue weighted by Gasteiger charge is -2.35. The van der Waals surface area contributed by atoms with Gasteiger partial charge in [-0.25, -0.2) is 5.97 Å². The average Bonchev–Trinajstić information content (AvgIpc) is 1.91. The van der Waals surface area contributed by atoms with Gasteiger partial charge in [-0.05, 0) is 13.1 Å². The normalized spacial score (nSPS) is 21.2. The van der Waals surface area contributed by atoms with E-state index in [1.807, 2.05) is 10.8 Å². The number of hydrogen-bond acceptors (Lipinski definition) is 3. The third-order valence-corrected chi connectivity index (χ3v) is 1.39. The Morgan fingerprint density at radius 3 is 2.67 bits per heavy atom. The van der Waals surface area contributed by atoms with Crippen molar-refractivity contribution in [3.63, 3.8) is 0 Å². The van der Waals surface area contributed by atoms with Crippen LogP contribution < -0.4 is 5.32 Å². The molecule has 0 aromatic carbocycles. The van der Waals surface area contributed by atoms with Crippen molar-refractivity contribution in [3.05, 3.63) is 0 Å². The van der Waals surface area contributed by atoms with Gasteiger partial charge in [0.1, 0.15) is 0 Å². The molecular weight excluding hydrogens is 113 g/mol. The highest BCUT2D eigenvalue weighted by Gasteiger charge is 1.97. The van der Waals surface area contributed by atoms with Crippen LogP contribution in [0, 0.1) is 11.2 Å². The number of hydrogen-bond donors (Lipinski definition) is 1. The van der Waals surface area contributed by atoms with Gasteiger partial charge < -0.3 is 10.1 Å². The van der Waals surface area contributed by atoms with E-state index in [-0.39, 0.29) is 0 Å². The van der Waals surface area contributed by atoms with Gasteiger partial charge >= 0.3 is 0 Å². The van der Waals surface area contributed by atoms with Crippen LogP contribution in [0.4, 0.5) is 0 Å². The summed E-state index contributed by atoms with van der Waals surface area (Å²) in [6.45, 7) is 3.93. The van der Waals surface area contributed by atoms with Crippen LogP contribution in [0.15, 0.2) is 0 Å². The molecule has 0 spiro atoms. The zero-order chi connectivity index (χ0) is 6.53. The summed E-state index contributed by atoms with van der Waals surface area (Å²) in [6.07, 6.45) is 0. The largest absolute Gasteiger partial charge is 0.523 e. The number of piperazine rings is 1. The zero-order valence-corrected chi connectivity index (χ0v) is 5.30. The van der Waals surface area contributed by atoms with Crippen molar-refractivity contribution in [1.29, 1.82) is 5.26 Å². The SMILES string of the molecule is N#C[B-]N1CCNCC1. The maximum Gasteiger partial charge on any atom is 0.00452 e. The van der Waals surface area contributed by atoms with Crippen molar-refractivity contribution in [1.82, 2.24) is 10.1 Å². The van der Waals surface area contributed by atoms with Crippen LogP contribution in [-0.4, -0.2) is 38.4 Å². The molecule has 0 aromatic rings. The molecule has 48 valence electrons. The van der Waals surface area contributed by atoms with Crippen molar-refractivity contribution in [3.8, 4) is 5.97 Å². The molecule has 0 aliphatic carbocycles. The van der Waals surface area contributed by atoms with Crippen molar-refractivity contribution >= 4 is 7.41 Å². The fourth-order valence-corrected chi connectivity index (χ4v) is 0.893. The Labute approximate surface area is 55.9 Å². The molecule has 0 saturated carbocycles. The lowest BCUT2D eigenvalue weighted by atomic mass is 9.94. The van der Waals surface area contributed by atoms with Crippen molar-refractivity contribution in [2.24, 2.45) is 0 Å². The first-order valence-corrected chi connectivity index (χ1v) is 3.11. The summed E-state index contributed by atoms with van der Waals surface area (Å²) in [5.41, 5.74) is 0. The first-order valence-electron chi connectivity index (χ1n) is 3.11. The van der Waals surface area contributed by atoms with Gasteiger partial charge in [0.15, 0.2) is 0 Å². The molecule has 0 aromatic heterocycles. The lowest BCUT2D eigenvalue weighted by Crippen LogP contribution is -2.44. The highest BCUT2D eigenvalue weighted by atomic mass is 15.1. The van der Waals surface area contributed by atoms with Gasteiger partial charge in [-0.1, -0.05) is 0 Å². The second-order valence-corrected chi connectivity index (χ2v) is 2.04. The summed E-state index contributed by atoms with van der Waals surface area (Å²) >= 11 is 0. The lowest BCUT2D eigenvalue weighted by molar-refractivity contribution is 0.379. The third-order valence-electron chi connectivity index (χ3n) is 1.39. The van der Waals surface area contributed by atoms with Crippen LogP contribution in [0.5, 0.6) is 0 Å². The van der Waals surface area contributed by atoms with Crippen LogP contribution >= 0.6 is 0 Å². The van der Waals surface area contributed by atoms with E-state index in [4.69, 9.17) is 5.26 Å². The van der Waals surface area contributed by atoms with Gasteiger partial charge in [0.05, 0.1) is 0 Å². The molecule has 3 nitrogen and oxygen atoms in total. The first-order chi connectivity index (χ1) is 4.43. The van der Waals surface area contributed by atoms with E-state index in [1.165, 1.54) is 0 Å². The van der Waals surface area contributed by atoms with E-state index in [0.717, 1.165) is 26.2 Å². The Hall–Kier alpha value is -0.525. The summed E-state index contributed by atoms with van der Waals surface area (Å²) in [6, 6.07) is 0. The predicted molar refractivity (Wildman–Crippen MR) is 35.8 cm³/mol. The van der Waals surface area contributed by atoms with Crippen LogP contribution in [0.25, 0.3) is 0 Å². The van der Waals surface area contributed by atoms with E-state index >= 15 is 0 Å². The first kappa shape index (κ1) is 6.59. The maximum absolute atomic E-state index is 8.25. The molecule has 1 N–H and O–H groups in total. The standard InChI is InChI=1S/C5H9BN3/c7-5-6-9-3-1-8-2-4-9/h8H,1-4H2/q-1. The molecule has 1 rings (SSSR count). The third kappa shape index (κ3) is 2.04. The van der Waals surface area contributed by atoms with E-state index in [1.54, 1.807) is 7.41 Å². The minimum absolute atomic E-state index is 0.966. The highest BCUT2D eigenvalue weighted by molar-refractivity contribution is 6.41. The predicted octanol–water partition coefficient (Wildman–Crippen LogP) is -1.01. The summed E-state index contributed by atoms with van der Waals surface area (Å²) in [7, 11) is 1.58. The van der Waals surface area contributed by atoms with E-state index in [2.05, 4.69) is 5.32 Å². The second kappa shape index (κ2) is 3.49. The van der Waals surface area contributed by atoms with E-state index < -0.39 is 0 Å². The van der Waals surface area contributed by atoms with Crippen LogP contribution in [0.1, 0.15) is 0 Å². The van der Waals surface area contributed by atoms with Gasteiger partial charge in [-0.3, -0.25) is 5.26 Å². The maximum atomic E-state index is 8.25. The van der Waals surface area contributed by atoms with Crippen molar-refractivity contribution < 1.29 is 0 Å².